The second-order valence-corrected chi connectivity index (χ2v) is 12.9. The summed E-state index contributed by atoms with van der Waals surface area (Å²) in [6.07, 6.45) is 6.23. The number of halogens is 2. The lowest BCUT2D eigenvalue weighted by molar-refractivity contribution is -0.141. The van der Waals surface area contributed by atoms with Crippen molar-refractivity contribution < 1.29 is 14.4 Å². The van der Waals surface area contributed by atoms with E-state index in [-0.39, 0.29) is 36.7 Å². The Bertz CT molecular complexity index is 1700. The first kappa shape index (κ1) is 31.1. The van der Waals surface area contributed by atoms with Gasteiger partial charge in [-0.1, -0.05) is 103 Å². The molecular weight excluding hydrogens is 605 g/mol. The maximum absolute atomic E-state index is 14.2. The third-order valence-electron chi connectivity index (χ3n) is 9.00. The number of hydrogen-bond acceptors (Lipinski definition) is 3. The summed E-state index contributed by atoms with van der Waals surface area (Å²) >= 11 is 12.8. The Morgan fingerprint density at radius 1 is 0.911 bits per heavy atom. The largest absolute Gasteiger partial charge is 0.352 e. The van der Waals surface area contributed by atoms with E-state index in [9.17, 15) is 14.4 Å². The van der Waals surface area contributed by atoms with Crippen LogP contribution in [0.4, 0.5) is 5.69 Å². The number of hydrogen-bond donors (Lipinski definition) is 1. The number of benzene rings is 4. The van der Waals surface area contributed by atoms with Gasteiger partial charge in [-0.15, -0.1) is 0 Å². The van der Waals surface area contributed by atoms with E-state index in [2.05, 4.69) is 5.32 Å². The number of carbonyl (C=O) groups excluding carboxylic acids is 3. The first-order chi connectivity index (χ1) is 21.9. The van der Waals surface area contributed by atoms with Gasteiger partial charge in [0.25, 0.3) is 5.91 Å². The summed E-state index contributed by atoms with van der Waals surface area (Å²) in [5.41, 5.74) is 3.25. The number of nitrogens with one attached hydrogen (secondary N) is 1. The van der Waals surface area contributed by atoms with Crippen molar-refractivity contribution in [2.45, 2.75) is 70.0 Å². The molecule has 1 fully saturated rings. The molecule has 1 aliphatic heterocycles. The average molecular weight is 643 g/mol. The first-order valence-corrected chi connectivity index (χ1v) is 16.6. The second kappa shape index (κ2) is 14.1. The summed E-state index contributed by atoms with van der Waals surface area (Å²) < 4.78 is 0. The molecule has 1 atom stereocenters. The van der Waals surface area contributed by atoms with Gasteiger partial charge in [0.05, 0.1) is 5.69 Å². The standard InChI is InChI=1S/C37H37Cl2N3O3/c38-28-20-19-27(31(39)23-28)24-42(33(22-25-10-3-1-4-11-25)36(44)40-29-14-5-2-6-15-29)34(43)18-9-21-41-32-17-8-13-26-12-7-16-30(35(26)32)37(41)45/h1,3-4,7-8,10-13,16-17,19-20,23,29,33H,2,5-6,9,14-15,18,21-22,24H2,(H,40,44)/t33-/m0/s1. The van der Waals surface area contributed by atoms with Gasteiger partial charge in [0, 0.05) is 53.0 Å². The van der Waals surface area contributed by atoms with Gasteiger partial charge < -0.3 is 15.1 Å². The van der Waals surface area contributed by atoms with Crippen molar-refractivity contribution in [1.82, 2.24) is 10.2 Å². The zero-order valence-corrected chi connectivity index (χ0v) is 26.7. The lowest BCUT2D eigenvalue weighted by Gasteiger charge is -2.34. The van der Waals surface area contributed by atoms with Crippen LogP contribution in [0.2, 0.25) is 10.0 Å². The maximum Gasteiger partial charge on any atom is 0.258 e. The fraction of sp³-hybridized carbons (Fsp3) is 0.324. The van der Waals surface area contributed by atoms with Crippen LogP contribution in [0.15, 0.2) is 84.9 Å². The lowest BCUT2D eigenvalue weighted by Crippen LogP contribution is -2.53. The van der Waals surface area contributed by atoms with Gasteiger partial charge in [-0.05, 0) is 60.0 Å². The molecule has 0 spiro atoms. The van der Waals surface area contributed by atoms with Crippen LogP contribution >= 0.6 is 23.2 Å². The number of rotatable bonds is 11. The molecule has 4 aromatic carbocycles. The van der Waals surface area contributed by atoms with Gasteiger partial charge in [-0.2, -0.15) is 0 Å². The Kier molecular flexibility index (Phi) is 9.72. The van der Waals surface area contributed by atoms with Crippen LogP contribution in [0, 0.1) is 0 Å². The van der Waals surface area contributed by atoms with E-state index in [1.165, 1.54) is 6.42 Å². The van der Waals surface area contributed by atoms with Gasteiger partial charge in [0.2, 0.25) is 11.8 Å². The van der Waals surface area contributed by atoms with Crippen LogP contribution in [-0.2, 0) is 22.6 Å². The quantitative estimate of drug-likeness (QED) is 0.180. The summed E-state index contributed by atoms with van der Waals surface area (Å²) in [6, 6.07) is 26.1. The van der Waals surface area contributed by atoms with Crippen molar-refractivity contribution in [3.05, 3.63) is 112 Å². The van der Waals surface area contributed by atoms with E-state index in [0.717, 1.165) is 53.3 Å². The lowest BCUT2D eigenvalue weighted by atomic mass is 9.94. The predicted octanol–water partition coefficient (Wildman–Crippen LogP) is 7.98. The minimum Gasteiger partial charge on any atom is -0.352 e. The minimum atomic E-state index is -0.736. The van der Waals surface area contributed by atoms with E-state index in [1.807, 2.05) is 72.8 Å². The molecule has 0 aromatic heterocycles. The third kappa shape index (κ3) is 7.03. The first-order valence-electron chi connectivity index (χ1n) is 15.8. The topological polar surface area (TPSA) is 69.7 Å². The van der Waals surface area contributed by atoms with Gasteiger partial charge >= 0.3 is 0 Å². The van der Waals surface area contributed by atoms with E-state index in [0.29, 0.717) is 35.0 Å². The van der Waals surface area contributed by atoms with Crippen LogP contribution in [0.5, 0.6) is 0 Å². The Hall–Kier alpha value is -3.87. The van der Waals surface area contributed by atoms with Crippen molar-refractivity contribution in [2.75, 3.05) is 11.4 Å². The van der Waals surface area contributed by atoms with E-state index in [1.54, 1.807) is 21.9 Å². The number of anilines is 1. The predicted molar refractivity (Wildman–Crippen MR) is 181 cm³/mol. The maximum atomic E-state index is 14.2. The van der Waals surface area contributed by atoms with Crippen molar-refractivity contribution in [2.24, 2.45) is 0 Å². The molecule has 0 bridgehead atoms. The molecule has 232 valence electrons. The molecule has 1 heterocycles. The minimum absolute atomic E-state index is 0.0483. The Balaban J connectivity index is 1.25. The SMILES string of the molecule is O=C(NC1CCCCC1)[C@H](Cc1ccccc1)N(Cc1ccc(Cl)cc1Cl)C(=O)CCCN1C(=O)c2cccc3cccc1c23. The van der Waals surface area contributed by atoms with Crippen molar-refractivity contribution in [1.29, 1.82) is 0 Å². The van der Waals surface area contributed by atoms with Crippen LogP contribution in [0.1, 0.15) is 66.4 Å². The zero-order valence-electron chi connectivity index (χ0n) is 25.2. The third-order valence-corrected chi connectivity index (χ3v) is 9.59. The van der Waals surface area contributed by atoms with Gasteiger partial charge in [-0.25, -0.2) is 0 Å². The number of nitrogens with zero attached hydrogens (tertiary/aromatic N) is 2. The fourth-order valence-corrected chi connectivity index (χ4v) is 7.13. The van der Waals surface area contributed by atoms with Crippen LogP contribution in [-0.4, -0.2) is 41.2 Å². The Morgan fingerprint density at radius 3 is 2.42 bits per heavy atom. The molecule has 45 heavy (non-hydrogen) atoms. The Morgan fingerprint density at radius 2 is 1.67 bits per heavy atom. The molecule has 1 aliphatic carbocycles. The monoisotopic (exact) mass is 641 g/mol. The molecule has 0 saturated heterocycles. The normalized spacial score (nSPS) is 15.3. The van der Waals surface area contributed by atoms with E-state index in [4.69, 9.17) is 23.2 Å². The summed E-state index contributed by atoms with van der Waals surface area (Å²) in [4.78, 5) is 45.0. The summed E-state index contributed by atoms with van der Waals surface area (Å²) in [7, 11) is 0. The highest BCUT2D eigenvalue weighted by Gasteiger charge is 2.33. The molecule has 1 N–H and O–H groups in total. The molecule has 0 radical (unpaired) electrons. The highest BCUT2D eigenvalue weighted by Crippen LogP contribution is 2.37. The zero-order chi connectivity index (χ0) is 31.3. The Labute approximate surface area is 274 Å². The van der Waals surface area contributed by atoms with Crippen molar-refractivity contribution in [3.63, 3.8) is 0 Å². The molecule has 0 unspecified atom stereocenters. The summed E-state index contributed by atoms with van der Waals surface area (Å²) in [5.74, 6) is -0.364. The average Bonchev–Trinajstić information content (AvgIpc) is 3.32. The smallest absolute Gasteiger partial charge is 0.258 e. The van der Waals surface area contributed by atoms with Crippen molar-refractivity contribution in [3.8, 4) is 0 Å². The highest BCUT2D eigenvalue weighted by atomic mass is 35.5. The van der Waals surface area contributed by atoms with E-state index >= 15 is 0 Å². The van der Waals surface area contributed by atoms with Gasteiger partial charge in [0.1, 0.15) is 6.04 Å². The van der Waals surface area contributed by atoms with Gasteiger partial charge in [-0.3, -0.25) is 14.4 Å². The van der Waals surface area contributed by atoms with Crippen LogP contribution in [0.3, 0.4) is 0 Å². The molecule has 4 aromatic rings. The van der Waals surface area contributed by atoms with Crippen LogP contribution in [0.25, 0.3) is 10.8 Å². The van der Waals surface area contributed by atoms with Crippen molar-refractivity contribution >= 4 is 57.4 Å². The molecule has 1 saturated carbocycles. The second-order valence-electron chi connectivity index (χ2n) is 12.0. The summed E-state index contributed by atoms with van der Waals surface area (Å²) in [6.45, 7) is 0.559. The van der Waals surface area contributed by atoms with Crippen LogP contribution < -0.4 is 10.2 Å². The number of carbonyl (C=O) groups is 3. The molecule has 6 nitrogen and oxygen atoms in total. The molecule has 2 aliphatic rings. The molecule has 3 amide bonds. The fourth-order valence-electron chi connectivity index (χ4n) is 6.66. The molecule has 6 rings (SSSR count). The number of amides is 3. The summed E-state index contributed by atoms with van der Waals surface area (Å²) in [5, 5.41) is 6.20. The van der Waals surface area contributed by atoms with E-state index < -0.39 is 6.04 Å². The molecule has 8 heteroatoms. The van der Waals surface area contributed by atoms with Gasteiger partial charge in [0.15, 0.2) is 0 Å². The molecular formula is C37H37Cl2N3O3. The highest BCUT2D eigenvalue weighted by molar-refractivity contribution is 6.35.